The zero-order chi connectivity index (χ0) is 38.4. The van der Waals surface area contributed by atoms with Crippen LogP contribution in [0.2, 0.25) is 0 Å². The number of nitrogens with zero attached hydrogens (tertiary/aromatic N) is 2. The van der Waals surface area contributed by atoms with Crippen molar-refractivity contribution in [2.75, 3.05) is 16.1 Å². The van der Waals surface area contributed by atoms with Crippen LogP contribution < -0.4 is 9.80 Å². The maximum absolute atomic E-state index is 4.81. The Hall–Kier alpha value is -4.64. The fourth-order valence-corrected chi connectivity index (χ4v) is 7.98. The van der Waals surface area contributed by atoms with E-state index in [0.29, 0.717) is 5.75 Å². The van der Waals surface area contributed by atoms with E-state index in [4.69, 9.17) is 12.6 Å². The first-order valence-corrected chi connectivity index (χ1v) is 20.7. The smallest absolute Gasteiger partial charge is 0.0620 e. The molecule has 0 N–H and O–H groups in total. The van der Waals surface area contributed by atoms with Gasteiger partial charge in [0.2, 0.25) is 0 Å². The van der Waals surface area contributed by atoms with Gasteiger partial charge < -0.3 is 9.80 Å². The topological polar surface area (TPSA) is 6.48 Å². The monoisotopic (exact) mass is 744 g/mol. The first-order valence-electron chi connectivity index (χ1n) is 18.9. The molecule has 0 bridgehead atoms. The third-order valence-corrected chi connectivity index (χ3v) is 11.6. The second kappa shape index (κ2) is 14.9. The van der Waals surface area contributed by atoms with Crippen LogP contribution in [0.25, 0.3) is 21.5 Å². The van der Waals surface area contributed by atoms with Gasteiger partial charge in [-0.1, -0.05) is 119 Å². The molecule has 0 aliphatic rings. The molecule has 0 atom stereocenters. The Morgan fingerprint density at radius 3 is 1.20 bits per heavy atom. The van der Waals surface area contributed by atoms with Crippen LogP contribution in [0, 0.1) is 13.8 Å². The number of benzene rings is 7. The third-order valence-electron chi connectivity index (χ3n) is 10.5. The molecule has 274 valence electrons. The first kappa shape index (κ1) is 37.7. The van der Waals surface area contributed by atoms with E-state index >= 15 is 0 Å². The van der Waals surface area contributed by atoms with Crippen LogP contribution in [0.3, 0.4) is 0 Å². The molecule has 0 aliphatic heterocycles. The molecule has 4 heteroatoms. The van der Waals surface area contributed by atoms with Crippen LogP contribution in [0.1, 0.15) is 69.4 Å². The molecule has 0 heterocycles. The SMILES string of the molecule is CSc1ccc2c(N(c3ccc(C)cc3)c3ccc(C(C)(C)C)cc3)c3cc(CS)ccc3c(N(c3ccc(C)cc3)c3ccc(C(C)(C)C)cc3)c2c1. The van der Waals surface area contributed by atoms with E-state index in [1.807, 2.05) is 0 Å². The predicted octanol–water partition coefficient (Wildman–Crippen LogP) is 15.3. The van der Waals surface area contributed by atoms with Gasteiger partial charge in [-0.2, -0.15) is 12.6 Å². The van der Waals surface area contributed by atoms with Gasteiger partial charge in [-0.15, -0.1) is 11.8 Å². The largest absolute Gasteiger partial charge is 0.309 e. The standard InChI is InChI=1S/C50H52N2S2/c1-33-10-19-38(20-11-33)51(40-23-15-36(16-24-40)49(3,4)5)47-44-29-27-42(54-9)31-46(44)48(43-28-14-35(32-53)30-45(43)47)52(39-21-12-34(2)13-22-39)41-25-17-37(18-26-41)50(6,7)8/h10-31,53H,32H2,1-9H3. The van der Waals surface area contributed by atoms with E-state index < -0.39 is 0 Å². The molecule has 2 nitrogen and oxygen atoms in total. The van der Waals surface area contributed by atoms with Gasteiger partial charge in [-0.05, 0) is 114 Å². The average Bonchev–Trinajstić information content (AvgIpc) is 3.16. The van der Waals surface area contributed by atoms with Gasteiger partial charge in [-0.25, -0.2) is 0 Å². The maximum Gasteiger partial charge on any atom is 0.0620 e. The third kappa shape index (κ3) is 7.39. The minimum absolute atomic E-state index is 0.0501. The second-order valence-electron chi connectivity index (χ2n) is 16.6. The van der Waals surface area contributed by atoms with E-state index in [1.165, 1.54) is 65.6 Å². The molecule has 0 aromatic heterocycles. The number of thioether (sulfide) groups is 1. The summed E-state index contributed by atoms with van der Waals surface area (Å²) in [6, 6.07) is 50.2. The highest BCUT2D eigenvalue weighted by molar-refractivity contribution is 7.98. The van der Waals surface area contributed by atoms with E-state index in [0.717, 1.165) is 22.7 Å². The number of hydrogen-bond acceptors (Lipinski definition) is 4. The molecular weight excluding hydrogens is 693 g/mol. The number of thiol groups is 1. The Morgan fingerprint density at radius 2 is 0.833 bits per heavy atom. The van der Waals surface area contributed by atoms with Gasteiger partial charge in [-0.3, -0.25) is 0 Å². The summed E-state index contributed by atoms with van der Waals surface area (Å²) in [5.41, 5.74) is 13.2. The van der Waals surface area contributed by atoms with Crippen molar-refractivity contribution >= 4 is 80.1 Å². The summed E-state index contributed by atoms with van der Waals surface area (Å²) in [4.78, 5) is 6.17. The number of rotatable bonds is 8. The summed E-state index contributed by atoms with van der Waals surface area (Å²) in [5, 5.41) is 4.76. The van der Waals surface area contributed by atoms with Gasteiger partial charge in [0.15, 0.2) is 0 Å². The van der Waals surface area contributed by atoms with Crippen molar-refractivity contribution in [2.24, 2.45) is 0 Å². The van der Waals surface area contributed by atoms with Gasteiger partial charge >= 0.3 is 0 Å². The molecule has 0 spiro atoms. The summed E-state index contributed by atoms with van der Waals surface area (Å²) in [6.45, 7) is 18.0. The fraction of sp³-hybridized carbons (Fsp3) is 0.240. The predicted molar refractivity (Wildman–Crippen MR) is 242 cm³/mol. The lowest BCUT2D eigenvalue weighted by molar-refractivity contribution is 0.590. The number of fused-ring (bicyclic) bond motifs is 2. The maximum atomic E-state index is 4.81. The highest BCUT2D eigenvalue weighted by Gasteiger charge is 2.27. The van der Waals surface area contributed by atoms with E-state index in [1.54, 1.807) is 11.8 Å². The quantitative estimate of drug-likeness (QED) is 0.0717. The Balaban J connectivity index is 1.63. The van der Waals surface area contributed by atoms with Crippen molar-refractivity contribution in [2.45, 2.75) is 76.9 Å². The molecule has 0 amide bonds. The van der Waals surface area contributed by atoms with E-state index in [9.17, 15) is 0 Å². The summed E-state index contributed by atoms with van der Waals surface area (Å²) in [5.74, 6) is 0.648. The molecule has 7 rings (SSSR count). The van der Waals surface area contributed by atoms with Gasteiger partial charge in [0.1, 0.15) is 0 Å². The molecule has 7 aromatic carbocycles. The molecule has 0 unspecified atom stereocenters. The van der Waals surface area contributed by atoms with Crippen molar-refractivity contribution in [3.63, 3.8) is 0 Å². The first-order chi connectivity index (χ1) is 25.8. The van der Waals surface area contributed by atoms with Crippen LogP contribution in [0.15, 0.2) is 138 Å². The Morgan fingerprint density at radius 1 is 0.463 bits per heavy atom. The summed E-state index contributed by atoms with van der Waals surface area (Å²) in [6.07, 6.45) is 2.17. The van der Waals surface area contributed by atoms with Crippen LogP contribution in [0.5, 0.6) is 0 Å². The van der Waals surface area contributed by atoms with Gasteiger partial charge in [0.25, 0.3) is 0 Å². The van der Waals surface area contributed by atoms with E-state index in [2.05, 4.69) is 205 Å². The van der Waals surface area contributed by atoms with Gasteiger partial charge in [0, 0.05) is 54.9 Å². The van der Waals surface area contributed by atoms with Crippen molar-refractivity contribution < 1.29 is 0 Å². The lowest BCUT2D eigenvalue weighted by atomic mass is 9.87. The second-order valence-corrected chi connectivity index (χ2v) is 17.8. The molecule has 7 aromatic rings. The summed E-state index contributed by atoms with van der Waals surface area (Å²) < 4.78 is 0. The van der Waals surface area contributed by atoms with E-state index in [-0.39, 0.29) is 10.8 Å². The lowest BCUT2D eigenvalue weighted by Crippen LogP contribution is -2.16. The summed E-state index contributed by atoms with van der Waals surface area (Å²) >= 11 is 6.59. The minimum atomic E-state index is 0.0501. The number of aryl methyl sites for hydroxylation is 2. The molecule has 54 heavy (non-hydrogen) atoms. The normalized spacial score (nSPS) is 12.0. The van der Waals surface area contributed by atoms with Crippen molar-refractivity contribution in [3.05, 3.63) is 161 Å². The van der Waals surface area contributed by atoms with Crippen molar-refractivity contribution in [1.82, 2.24) is 0 Å². The molecule has 0 aliphatic carbocycles. The Bertz CT molecular complexity index is 2240. The highest BCUT2D eigenvalue weighted by atomic mass is 32.2. The fourth-order valence-electron chi connectivity index (χ4n) is 7.34. The minimum Gasteiger partial charge on any atom is -0.309 e. The molecule has 0 saturated heterocycles. The average molecular weight is 745 g/mol. The molecular formula is C50H52N2S2. The zero-order valence-corrected chi connectivity index (χ0v) is 34.9. The highest BCUT2D eigenvalue weighted by Crippen LogP contribution is 2.52. The molecule has 0 saturated carbocycles. The number of anilines is 6. The molecule has 0 fully saturated rings. The molecule has 0 radical (unpaired) electrons. The summed E-state index contributed by atoms with van der Waals surface area (Å²) in [7, 11) is 0. The van der Waals surface area contributed by atoms with Crippen molar-refractivity contribution in [3.8, 4) is 0 Å². The van der Waals surface area contributed by atoms with Crippen LogP contribution in [-0.2, 0) is 16.6 Å². The zero-order valence-electron chi connectivity index (χ0n) is 33.2. The van der Waals surface area contributed by atoms with Gasteiger partial charge in [0.05, 0.1) is 11.4 Å². The van der Waals surface area contributed by atoms with Crippen LogP contribution in [-0.4, -0.2) is 6.26 Å². The lowest BCUT2D eigenvalue weighted by Gasteiger charge is -2.33. The van der Waals surface area contributed by atoms with Crippen LogP contribution in [0.4, 0.5) is 34.1 Å². The Kier molecular flexibility index (Phi) is 10.4. The number of hydrogen-bond donors (Lipinski definition) is 1. The van der Waals surface area contributed by atoms with Crippen molar-refractivity contribution in [1.29, 1.82) is 0 Å². The van der Waals surface area contributed by atoms with Crippen LogP contribution >= 0.6 is 24.4 Å². The Labute approximate surface area is 332 Å².